The Balaban J connectivity index is 2.28. The van der Waals surface area contributed by atoms with Crippen molar-refractivity contribution < 1.29 is 0 Å². The molecule has 0 aromatic carbocycles. The van der Waals surface area contributed by atoms with Crippen LogP contribution in [0.3, 0.4) is 0 Å². The fraction of sp³-hybridized carbons (Fsp3) is 1.00. The van der Waals surface area contributed by atoms with Crippen LogP contribution in [0, 0.1) is 11.8 Å². The molecule has 1 aliphatic rings. The maximum atomic E-state index is 3.66. The van der Waals surface area contributed by atoms with Gasteiger partial charge in [0.2, 0.25) is 0 Å². The SMILES string of the molecule is CCC1CCC(C(C)Br)C1. The average Bonchev–Trinajstić information content (AvgIpc) is 2.34. The second-order valence-electron chi connectivity index (χ2n) is 3.52. The Hall–Kier alpha value is 0.480. The minimum atomic E-state index is 0.740. The molecule has 0 amide bonds. The van der Waals surface area contributed by atoms with Crippen molar-refractivity contribution in [2.24, 2.45) is 11.8 Å². The van der Waals surface area contributed by atoms with Gasteiger partial charge in [-0.05, 0) is 24.7 Å². The van der Waals surface area contributed by atoms with Crippen molar-refractivity contribution in [3.8, 4) is 0 Å². The summed E-state index contributed by atoms with van der Waals surface area (Å²) in [7, 11) is 0. The highest BCUT2D eigenvalue weighted by molar-refractivity contribution is 9.09. The zero-order valence-electron chi connectivity index (χ0n) is 6.94. The first-order valence-electron chi connectivity index (χ1n) is 4.38. The van der Waals surface area contributed by atoms with Gasteiger partial charge in [0.25, 0.3) is 0 Å². The van der Waals surface area contributed by atoms with Crippen molar-refractivity contribution in [1.82, 2.24) is 0 Å². The van der Waals surface area contributed by atoms with Crippen LogP contribution >= 0.6 is 15.9 Å². The Labute approximate surface area is 72.5 Å². The maximum Gasteiger partial charge on any atom is 0.0145 e. The van der Waals surface area contributed by atoms with Crippen LogP contribution in [-0.4, -0.2) is 4.83 Å². The van der Waals surface area contributed by atoms with Gasteiger partial charge in [0, 0.05) is 4.83 Å². The van der Waals surface area contributed by atoms with Gasteiger partial charge in [-0.1, -0.05) is 42.6 Å². The maximum absolute atomic E-state index is 3.66. The number of alkyl halides is 1. The van der Waals surface area contributed by atoms with E-state index in [1.165, 1.54) is 25.7 Å². The van der Waals surface area contributed by atoms with E-state index >= 15 is 0 Å². The molecule has 1 saturated carbocycles. The highest BCUT2D eigenvalue weighted by Crippen LogP contribution is 2.36. The van der Waals surface area contributed by atoms with E-state index < -0.39 is 0 Å². The van der Waals surface area contributed by atoms with Crippen molar-refractivity contribution in [2.45, 2.75) is 44.4 Å². The van der Waals surface area contributed by atoms with Gasteiger partial charge in [-0.25, -0.2) is 0 Å². The molecule has 0 aromatic rings. The number of hydrogen-bond donors (Lipinski definition) is 0. The van der Waals surface area contributed by atoms with E-state index in [1.807, 2.05) is 0 Å². The predicted molar refractivity (Wildman–Crippen MR) is 49.5 cm³/mol. The van der Waals surface area contributed by atoms with Crippen LogP contribution in [0.5, 0.6) is 0 Å². The highest BCUT2D eigenvalue weighted by atomic mass is 79.9. The van der Waals surface area contributed by atoms with Crippen LogP contribution in [0.25, 0.3) is 0 Å². The lowest BCUT2D eigenvalue weighted by Crippen LogP contribution is -2.06. The Morgan fingerprint density at radius 1 is 1.50 bits per heavy atom. The third kappa shape index (κ3) is 1.98. The fourth-order valence-corrected chi connectivity index (χ4v) is 2.38. The molecule has 1 aliphatic carbocycles. The van der Waals surface area contributed by atoms with Gasteiger partial charge in [-0.2, -0.15) is 0 Å². The van der Waals surface area contributed by atoms with Gasteiger partial charge in [-0.15, -0.1) is 0 Å². The molecule has 0 spiro atoms. The van der Waals surface area contributed by atoms with Crippen molar-refractivity contribution in [1.29, 1.82) is 0 Å². The lowest BCUT2D eigenvalue weighted by atomic mass is 10.0. The number of rotatable bonds is 2. The summed E-state index contributed by atoms with van der Waals surface area (Å²) in [5.74, 6) is 2.00. The highest BCUT2D eigenvalue weighted by Gasteiger charge is 2.25. The van der Waals surface area contributed by atoms with Crippen LogP contribution in [0.4, 0.5) is 0 Å². The van der Waals surface area contributed by atoms with E-state index in [2.05, 4.69) is 29.8 Å². The molecular weight excluding hydrogens is 188 g/mol. The molecule has 3 atom stereocenters. The molecule has 60 valence electrons. The number of halogens is 1. The molecule has 0 nitrogen and oxygen atoms in total. The second-order valence-corrected chi connectivity index (χ2v) is 4.97. The summed E-state index contributed by atoms with van der Waals surface area (Å²) < 4.78 is 0. The van der Waals surface area contributed by atoms with Gasteiger partial charge in [0.05, 0.1) is 0 Å². The molecule has 1 fully saturated rings. The van der Waals surface area contributed by atoms with Crippen molar-refractivity contribution in [3.63, 3.8) is 0 Å². The first-order valence-corrected chi connectivity index (χ1v) is 5.29. The van der Waals surface area contributed by atoms with Crippen LogP contribution in [0.2, 0.25) is 0 Å². The third-order valence-electron chi connectivity index (χ3n) is 2.81. The molecule has 0 aliphatic heterocycles. The van der Waals surface area contributed by atoms with Gasteiger partial charge >= 0.3 is 0 Å². The summed E-state index contributed by atoms with van der Waals surface area (Å²) in [4.78, 5) is 0.740. The van der Waals surface area contributed by atoms with Gasteiger partial charge in [0.15, 0.2) is 0 Å². The number of hydrogen-bond acceptors (Lipinski definition) is 0. The van der Waals surface area contributed by atoms with Crippen LogP contribution in [0.15, 0.2) is 0 Å². The Bertz CT molecular complexity index is 98.9. The monoisotopic (exact) mass is 204 g/mol. The standard InChI is InChI=1S/C9H17Br/c1-3-8-4-5-9(6-8)7(2)10/h7-9H,3-6H2,1-2H3. The molecule has 1 heteroatoms. The Kier molecular flexibility index (Phi) is 3.22. The minimum absolute atomic E-state index is 0.740. The van der Waals surface area contributed by atoms with Crippen LogP contribution in [0.1, 0.15) is 39.5 Å². The quantitative estimate of drug-likeness (QED) is 0.604. The fourth-order valence-electron chi connectivity index (χ4n) is 1.90. The van der Waals surface area contributed by atoms with E-state index in [1.54, 1.807) is 0 Å². The zero-order valence-corrected chi connectivity index (χ0v) is 8.52. The topological polar surface area (TPSA) is 0 Å². The summed E-state index contributed by atoms with van der Waals surface area (Å²) in [6.07, 6.45) is 5.77. The summed E-state index contributed by atoms with van der Waals surface area (Å²) in [5, 5.41) is 0. The first-order chi connectivity index (χ1) is 4.74. The van der Waals surface area contributed by atoms with E-state index in [0.29, 0.717) is 0 Å². The van der Waals surface area contributed by atoms with Gasteiger partial charge < -0.3 is 0 Å². The van der Waals surface area contributed by atoms with Crippen LogP contribution < -0.4 is 0 Å². The van der Waals surface area contributed by atoms with Gasteiger partial charge in [-0.3, -0.25) is 0 Å². The summed E-state index contributed by atoms with van der Waals surface area (Å²) >= 11 is 3.66. The van der Waals surface area contributed by atoms with Crippen molar-refractivity contribution in [3.05, 3.63) is 0 Å². The van der Waals surface area contributed by atoms with E-state index in [-0.39, 0.29) is 0 Å². The summed E-state index contributed by atoms with van der Waals surface area (Å²) in [5.41, 5.74) is 0. The Morgan fingerprint density at radius 3 is 2.50 bits per heavy atom. The van der Waals surface area contributed by atoms with E-state index in [9.17, 15) is 0 Å². The van der Waals surface area contributed by atoms with Gasteiger partial charge in [0.1, 0.15) is 0 Å². The molecule has 0 N–H and O–H groups in total. The molecule has 1 rings (SSSR count). The smallest absolute Gasteiger partial charge is 0.0145 e. The van der Waals surface area contributed by atoms with Crippen LogP contribution in [-0.2, 0) is 0 Å². The minimum Gasteiger partial charge on any atom is -0.0891 e. The normalized spacial score (nSPS) is 36.3. The molecule has 0 saturated heterocycles. The molecule has 10 heavy (non-hydrogen) atoms. The largest absolute Gasteiger partial charge is 0.0891 e. The summed E-state index contributed by atoms with van der Waals surface area (Å²) in [6, 6.07) is 0. The van der Waals surface area contributed by atoms with Crippen molar-refractivity contribution in [2.75, 3.05) is 0 Å². The molecular formula is C9H17Br. The van der Waals surface area contributed by atoms with Crippen molar-refractivity contribution >= 4 is 15.9 Å². The predicted octanol–water partition coefficient (Wildman–Crippen LogP) is 3.60. The molecule has 0 radical (unpaired) electrons. The summed E-state index contributed by atoms with van der Waals surface area (Å²) in [6.45, 7) is 4.59. The van der Waals surface area contributed by atoms with E-state index in [0.717, 1.165) is 16.7 Å². The Morgan fingerprint density at radius 2 is 2.20 bits per heavy atom. The molecule has 0 aromatic heterocycles. The molecule has 3 unspecified atom stereocenters. The molecule has 0 bridgehead atoms. The average molecular weight is 205 g/mol. The zero-order chi connectivity index (χ0) is 7.56. The second kappa shape index (κ2) is 3.75. The lowest BCUT2D eigenvalue weighted by Gasteiger charge is -2.11. The molecule has 0 heterocycles. The third-order valence-corrected chi connectivity index (χ3v) is 3.56. The first kappa shape index (κ1) is 8.58. The lowest BCUT2D eigenvalue weighted by molar-refractivity contribution is 0.481. The van der Waals surface area contributed by atoms with E-state index in [4.69, 9.17) is 0 Å².